The van der Waals surface area contributed by atoms with Gasteiger partial charge in [-0.1, -0.05) is 25.5 Å². The van der Waals surface area contributed by atoms with Gasteiger partial charge in [0.15, 0.2) is 0 Å². The first kappa shape index (κ1) is 17.2. The fourth-order valence-corrected chi connectivity index (χ4v) is 2.80. The molecule has 3 aromatic rings. The predicted molar refractivity (Wildman–Crippen MR) is 94.3 cm³/mol. The van der Waals surface area contributed by atoms with Crippen LogP contribution in [0.1, 0.15) is 19.8 Å². The fourth-order valence-electron chi connectivity index (χ4n) is 2.80. The molecule has 3 rings (SSSR count). The van der Waals surface area contributed by atoms with Gasteiger partial charge in [-0.2, -0.15) is 0 Å². The van der Waals surface area contributed by atoms with Crippen LogP contribution < -0.4 is 5.56 Å². The van der Waals surface area contributed by atoms with Gasteiger partial charge in [-0.15, -0.1) is 0 Å². The van der Waals surface area contributed by atoms with Crippen LogP contribution in [0.2, 0.25) is 0 Å². The second-order valence-electron chi connectivity index (χ2n) is 5.91. The maximum absolute atomic E-state index is 12.6. The number of para-hydroxylation sites is 1. The molecule has 0 radical (unpaired) electrons. The maximum atomic E-state index is 12.6. The molecular formula is C18H21N3O4. The number of hydrogen-bond acceptors (Lipinski definition) is 5. The Morgan fingerprint density at radius 1 is 1.32 bits per heavy atom. The summed E-state index contributed by atoms with van der Waals surface area (Å²) in [6, 6.07) is 7.30. The van der Waals surface area contributed by atoms with E-state index in [0.717, 1.165) is 18.2 Å². The van der Waals surface area contributed by atoms with Crippen molar-refractivity contribution in [1.82, 2.24) is 14.5 Å². The van der Waals surface area contributed by atoms with Gasteiger partial charge in [0.1, 0.15) is 17.6 Å². The fraction of sp³-hybridized carbons (Fsp3) is 0.389. The van der Waals surface area contributed by atoms with E-state index in [2.05, 4.69) is 4.98 Å². The van der Waals surface area contributed by atoms with E-state index in [1.165, 1.54) is 10.9 Å². The van der Waals surface area contributed by atoms with Crippen molar-refractivity contribution in [3.05, 3.63) is 40.9 Å². The number of hydrogen-bond donors (Lipinski definition) is 1. The molecule has 0 spiro atoms. The van der Waals surface area contributed by atoms with Crippen molar-refractivity contribution in [2.45, 2.75) is 26.3 Å². The van der Waals surface area contributed by atoms with Crippen LogP contribution in [0.4, 0.5) is 0 Å². The number of amides is 1. The summed E-state index contributed by atoms with van der Waals surface area (Å²) in [5.74, 6) is -0.220. The summed E-state index contributed by atoms with van der Waals surface area (Å²) in [6.45, 7) is 2.62. The number of benzene rings is 1. The zero-order valence-electron chi connectivity index (χ0n) is 14.1. The van der Waals surface area contributed by atoms with E-state index < -0.39 is 0 Å². The molecule has 0 aliphatic carbocycles. The molecule has 0 atom stereocenters. The number of aliphatic hydroxyl groups is 1. The van der Waals surface area contributed by atoms with E-state index in [4.69, 9.17) is 9.52 Å². The Hall–Kier alpha value is -2.67. The Balaban J connectivity index is 1.90. The van der Waals surface area contributed by atoms with E-state index in [1.807, 2.05) is 25.1 Å². The molecule has 0 saturated heterocycles. The second kappa shape index (κ2) is 7.48. The van der Waals surface area contributed by atoms with Gasteiger partial charge in [-0.05, 0) is 18.6 Å². The largest absolute Gasteiger partial charge is 0.448 e. The molecule has 0 aliphatic rings. The number of aromatic nitrogens is 2. The normalized spacial score (nSPS) is 11.3. The lowest BCUT2D eigenvalue weighted by atomic mass is 10.2. The summed E-state index contributed by atoms with van der Waals surface area (Å²) in [6.07, 6.45) is 3.17. The van der Waals surface area contributed by atoms with Gasteiger partial charge >= 0.3 is 0 Å². The van der Waals surface area contributed by atoms with Crippen molar-refractivity contribution in [3.8, 4) is 0 Å². The summed E-state index contributed by atoms with van der Waals surface area (Å²) in [7, 11) is 0. The van der Waals surface area contributed by atoms with Gasteiger partial charge in [0.25, 0.3) is 5.56 Å². The third-order valence-electron chi connectivity index (χ3n) is 4.16. The van der Waals surface area contributed by atoms with Crippen LogP contribution in [-0.4, -0.2) is 45.2 Å². The van der Waals surface area contributed by atoms with Crippen LogP contribution in [-0.2, 0) is 11.3 Å². The third kappa shape index (κ3) is 3.41. The zero-order chi connectivity index (χ0) is 17.8. The third-order valence-corrected chi connectivity index (χ3v) is 4.16. The van der Waals surface area contributed by atoms with Crippen molar-refractivity contribution in [2.75, 3.05) is 19.7 Å². The molecule has 1 N–H and O–H groups in total. The Bertz CT molecular complexity index is 944. The number of carbonyl (C=O) groups excluding carboxylic acids is 1. The van der Waals surface area contributed by atoms with Crippen molar-refractivity contribution in [3.63, 3.8) is 0 Å². The summed E-state index contributed by atoms with van der Waals surface area (Å²) < 4.78 is 6.87. The highest BCUT2D eigenvalue weighted by atomic mass is 16.3. The standard InChI is InChI=1S/C18H21N3O4/c1-2-3-8-20(9-10-22)15(23)11-21-12-19-16-13-6-4-5-7-14(13)25-17(16)18(21)24/h4-7,12,22H,2-3,8-11H2,1H3. The number of fused-ring (bicyclic) bond motifs is 3. The Morgan fingerprint density at radius 3 is 2.88 bits per heavy atom. The smallest absolute Gasteiger partial charge is 0.297 e. The van der Waals surface area contributed by atoms with Crippen LogP contribution in [0.5, 0.6) is 0 Å². The van der Waals surface area contributed by atoms with Crippen LogP contribution in [0, 0.1) is 0 Å². The van der Waals surface area contributed by atoms with Gasteiger partial charge in [0.05, 0.1) is 12.9 Å². The summed E-state index contributed by atoms with van der Waals surface area (Å²) in [5.41, 5.74) is 0.867. The van der Waals surface area contributed by atoms with E-state index in [0.29, 0.717) is 17.6 Å². The second-order valence-corrected chi connectivity index (χ2v) is 5.91. The maximum Gasteiger partial charge on any atom is 0.297 e. The minimum Gasteiger partial charge on any atom is -0.448 e. The SMILES string of the molecule is CCCCN(CCO)C(=O)Cn1cnc2c(oc3ccccc32)c1=O. The molecule has 0 bridgehead atoms. The van der Waals surface area contributed by atoms with E-state index in [9.17, 15) is 9.59 Å². The zero-order valence-corrected chi connectivity index (χ0v) is 14.1. The monoisotopic (exact) mass is 343 g/mol. The van der Waals surface area contributed by atoms with Gasteiger partial charge in [0.2, 0.25) is 11.5 Å². The minimum absolute atomic E-state index is 0.106. The lowest BCUT2D eigenvalue weighted by Gasteiger charge is -2.21. The molecule has 0 fully saturated rings. The molecule has 2 aromatic heterocycles. The number of furan rings is 1. The lowest BCUT2D eigenvalue weighted by Crippen LogP contribution is -2.38. The average Bonchev–Trinajstić information content (AvgIpc) is 3.00. The van der Waals surface area contributed by atoms with Crippen molar-refractivity contribution >= 4 is 28.0 Å². The van der Waals surface area contributed by atoms with Gasteiger partial charge < -0.3 is 14.4 Å². The number of unbranched alkanes of at least 4 members (excludes halogenated alkanes) is 1. The van der Waals surface area contributed by atoms with Crippen molar-refractivity contribution in [1.29, 1.82) is 0 Å². The molecule has 2 heterocycles. The average molecular weight is 343 g/mol. The minimum atomic E-state index is -0.381. The first-order chi connectivity index (χ1) is 12.2. The highest BCUT2D eigenvalue weighted by Gasteiger charge is 2.17. The van der Waals surface area contributed by atoms with Gasteiger partial charge in [-0.25, -0.2) is 4.98 Å². The number of nitrogens with zero attached hydrogens (tertiary/aromatic N) is 3. The van der Waals surface area contributed by atoms with E-state index in [-0.39, 0.29) is 36.7 Å². The summed E-state index contributed by atoms with van der Waals surface area (Å²) >= 11 is 0. The molecule has 0 aliphatic heterocycles. The van der Waals surface area contributed by atoms with Crippen molar-refractivity contribution < 1.29 is 14.3 Å². The van der Waals surface area contributed by atoms with Gasteiger partial charge in [-0.3, -0.25) is 14.2 Å². The molecule has 7 heteroatoms. The Kier molecular flexibility index (Phi) is 5.14. The molecule has 1 aromatic carbocycles. The predicted octanol–water partition coefficient (Wildman–Crippen LogP) is 1.76. The lowest BCUT2D eigenvalue weighted by molar-refractivity contribution is -0.132. The first-order valence-corrected chi connectivity index (χ1v) is 8.41. The summed E-state index contributed by atoms with van der Waals surface area (Å²) in [5, 5.41) is 9.91. The first-order valence-electron chi connectivity index (χ1n) is 8.41. The highest BCUT2D eigenvalue weighted by Crippen LogP contribution is 2.23. The Labute approximate surface area is 144 Å². The van der Waals surface area contributed by atoms with Crippen molar-refractivity contribution in [2.24, 2.45) is 0 Å². The molecule has 0 saturated carbocycles. The number of aliphatic hydroxyl groups excluding tert-OH is 1. The van der Waals surface area contributed by atoms with Crippen LogP contribution in [0.25, 0.3) is 22.1 Å². The molecule has 25 heavy (non-hydrogen) atoms. The van der Waals surface area contributed by atoms with Crippen LogP contribution in [0.15, 0.2) is 39.8 Å². The van der Waals surface area contributed by atoms with Gasteiger partial charge in [0, 0.05) is 18.5 Å². The molecule has 7 nitrogen and oxygen atoms in total. The highest BCUT2D eigenvalue weighted by molar-refractivity contribution is 6.01. The van der Waals surface area contributed by atoms with Crippen LogP contribution >= 0.6 is 0 Å². The van der Waals surface area contributed by atoms with E-state index >= 15 is 0 Å². The molecular weight excluding hydrogens is 322 g/mol. The number of carbonyl (C=O) groups is 1. The number of rotatable bonds is 7. The quantitative estimate of drug-likeness (QED) is 0.706. The summed E-state index contributed by atoms with van der Waals surface area (Å²) in [4.78, 5) is 31.0. The van der Waals surface area contributed by atoms with Crippen LogP contribution in [0.3, 0.4) is 0 Å². The topological polar surface area (TPSA) is 88.6 Å². The molecule has 1 amide bonds. The van der Waals surface area contributed by atoms with E-state index in [1.54, 1.807) is 11.0 Å². The molecule has 0 unspecified atom stereocenters. The Morgan fingerprint density at radius 2 is 2.12 bits per heavy atom. The molecule has 132 valence electrons.